The summed E-state index contributed by atoms with van der Waals surface area (Å²) < 4.78 is 36.9. The highest BCUT2D eigenvalue weighted by Gasteiger charge is 2.15. The molecule has 0 radical (unpaired) electrons. The molecule has 3 N–H and O–H groups in total. The topological polar surface area (TPSA) is 147 Å². The minimum Gasteiger partial charge on any atom is -0.508 e. The summed E-state index contributed by atoms with van der Waals surface area (Å²) >= 11 is 0. The van der Waals surface area contributed by atoms with Gasteiger partial charge >= 0.3 is 5.97 Å². The number of rotatable bonds is 10. The fourth-order valence-electron chi connectivity index (χ4n) is 2.53. The van der Waals surface area contributed by atoms with E-state index in [-0.39, 0.29) is 22.7 Å². The first-order valence-electron chi connectivity index (χ1n) is 9.05. The molecule has 31 heavy (non-hydrogen) atoms. The molecule has 0 saturated heterocycles. The van der Waals surface area contributed by atoms with Gasteiger partial charge in [0.25, 0.3) is 0 Å². The van der Waals surface area contributed by atoms with Crippen LogP contribution >= 0.6 is 0 Å². The SMILES string of the molecule is CC(=N)/C(C(C)=O)=C(/O)COC(=O)/C=C/c1ccc(S(=O)(=O)NCc2ccco2)cc1. The van der Waals surface area contributed by atoms with Gasteiger partial charge in [-0.05, 0) is 49.8 Å². The monoisotopic (exact) mass is 446 g/mol. The van der Waals surface area contributed by atoms with Gasteiger partial charge < -0.3 is 19.7 Å². The molecular weight excluding hydrogens is 424 g/mol. The standard InChI is InChI=1S/C21H22N2O7S/c1-14(22)21(15(2)24)19(25)13-30-20(26)10-7-16-5-8-18(9-6-16)31(27,28)23-12-17-4-3-11-29-17/h3-11,22-23,25H,12-13H2,1-2H3/b10-7+,21-19-,22-14?. The number of carbonyl (C=O) groups excluding carboxylic acids is 2. The summed E-state index contributed by atoms with van der Waals surface area (Å²) in [5.41, 5.74) is 0.209. The van der Waals surface area contributed by atoms with E-state index in [1.54, 1.807) is 12.1 Å². The Morgan fingerprint density at radius 2 is 1.87 bits per heavy atom. The molecule has 1 aromatic heterocycles. The number of sulfonamides is 1. The Bertz CT molecular complexity index is 1100. The van der Waals surface area contributed by atoms with Crippen LogP contribution in [0.1, 0.15) is 25.2 Å². The lowest BCUT2D eigenvalue weighted by atomic mass is 10.1. The third kappa shape index (κ3) is 7.05. The van der Waals surface area contributed by atoms with Gasteiger partial charge in [-0.25, -0.2) is 17.9 Å². The van der Waals surface area contributed by atoms with Gasteiger partial charge in [0.2, 0.25) is 10.0 Å². The maximum atomic E-state index is 12.3. The van der Waals surface area contributed by atoms with E-state index in [0.29, 0.717) is 11.3 Å². The lowest BCUT2D eigenvalue weighted by molar-refractivity contribution is -0.137. The Labute approximate surface area is 179 Å². The van der Waals surface area contributed by atoms with Crippen molar-refractivity contribution < 1.29 is 32.3 Å². The van der Waals surface area contributed by atoms with Crippen molar-refractivity contribution in [3.8, 4) is 0 Å². The minimum absolute atomic E-state index is 0.0208. The van der Waals surface area contributed by atoms with Gasteiger partial charge in [0.05, 0.1) is 23.3 Å². The number of carbonyl (C=O) groups is 2. The normalized spacial score (nSPS) is 12.5. The zero-order valence-electron chi connectivity index (χ0n) is 16.9. The lowest BCUT2D eigenvalue weighted by Gasteiger charge is -2.07. The number of aliphatic hydroxyl groups excluding tert-OH is 1. The second-order valence-corrected chi connectivity index (χ2v) is 8.18. The van der Waals surface area contributed by atoms with E-state index in [9.17, 15) is 23.1 Å². The number of allylic oxidation sites excluding steroid dienone is 1. The molecule has 10 heteroatoms. The Morgan fingerprint density at radius 3 is 2.42 bits per heavy atom. The fourth-order valence-corrected chi connectivity index (χ4v) is 3.52. The van der Waals surface area contributed by atoms with E-state index in [4.69, 9.17) is 14.6 Å². The first-order chi connectivity index (χ1) is 14.6. The number of esters is 1. The van der Waals surface area contributed by atoms with Crippen molar-refractivity contribution in [2.24, 2.45) is 0 Å². The minimum atomic E-state index is -3.73. The van der Waals surface area contributed by atoms with E-state index >= 15 is 0 Å². The van der Waals surface area contributed by atoms with Crippen LogP contribution < -0.4 is 4.72 Å². The fraction of sp³-hybridized carbons (Fsp3) is 0.190. The second kappa shape index (κ2) is 10.5. The zero-order valence-corrected chi connectivity index (χ0v) is 17.7. The van der Waals surface area contributed by atoms with Crippen LogP contribution in [-0.4, -0.2) is 37.6 Å². The Kier molecular flexibility index (Phi) is 8.06. The van der Waals surface area contributed by atoms with Crippen LogP contribution in [0.15, 0.2) is 69.4 Å². The van der Waals surface area contributed by atoms with Crippen LogP contribution in [0.4, 0.5) is 0 Å². The molecule has 0 bridgehead atoms. The zero-order chi connectivity index (χ0) is 23.0. The maximum absolute atomic E-state index is 12.3. The van der Waals surface area contributed by atoms with E-state index in [2.05, 4.69) is 4.72 Å². The third-order valence-electron chi connectivity index (χ3n) is 3.99. The van der Waals surface area contributed by atoms with Gasteiger partial charge in [-0.3, -0.25) is 4.79 Å². The average molecular weight is 446 g/mol. The predicted molar refractivity (Wildman–Crippen MR) is 113 cm³/mol. The molecule has 9 nitrogen and oxygen atoms in total. The molecule has 0 spiro atoms. The van der Waals surface area contributed by atoms with Crippen LogP contribution in [0.3, 0.4) is 0 Å². The Morgan fingerprint density at radius 1 is 1.19 bits per heavy atom. The van der Waals surface area contributed by atoms with Gasteiger partial charge in [-0.1, -0.05) is 12.1 Å². The number of ketones is 1. The molecule has 0 fully saturated rings. The number of furan rings is 1. The molecule has 0 aliphatic carbocycles. The molecule has 0 aliphatic heterocycles. The average Bonchev–Trinajstić information content (AvgIpc) is 3.23. The Hall–Kier alpha value is -3.50. The highest BCUT2D eigenvalue weighted by molar-refractivity contribution is 7.89. The third-order valence-corrected chi connectivity index (χ3v) is 5.40. The summed E-state index contributed by atoms with van der Waals surface area (Å²) in [6, 6.07) is 9.10. The summed E-state index contributed by atoms with van der Waals surface area (Å²) in [5, 5.41) is 17.3. The highest BCUT2D eigenvalue weighted by atomic mass is 32.2. The molecular formula is C21H22N2O7S. The molecule has 0 amide bonds. The van der Waals surface area contributed by atoms with E-state index < -0.39 is 34.1 Å². The summed E-state index contributed by atoms with van der Waals surface area (Å²) in [6.07, 6.45) is 3.95. The van der Waals surface area contributed by atoms with Crippen LogP contribution in [-0.2, 0) is 30.9 Å². The van der Waals surface area contributed by atoms with E-state index in [1.165, 1.54) is 50.5 Å². The molecule has 0 unspecified atom stereocenters. The molecule has 0 aliphatic rings. The predicted octanol–water partition coefficient (Wildman–Crippen LogP) is 2.76. The number of aliphatic hydroxyl groups is 1. The van der Waals surface area contributed by atoms with Gasteiger partial charge in [0.1, 0.15) is 18.1 Å². The summed E-state index contributed by atoms with van der Waals surface area (Å²) in [4.78, 5) is 23.3. The number of hydrogen-bond acceptors (Lipinski definition) is 8. The molecule has 164 valence electrons. The van der Waals surface area contributed by atoms with Gasteiger partial charge in [-0.2, -0.15) is 0 Å². The van der Waals surface area contributed by atoms with Crippen molar-refractivity contribution in [1.29, 1.82) is 5.41 Å². The van der Waals surface area contributed by atoms with Crippen molar-refractivity contribution in [1.82, 2.24) is 4.72 Å². The van der Waals surface area contributed by atoms with E-state index in [0.717, 1.165) is 6.08 Å². The first-order valence-corrected chi connectivity index (χ1v) is 10.5. The van der Waals surface area contributed by atoms with Crippen LogP contribution in [0, 0.1) is 5.41 Å². The van der Waals surface area contributed by atoms with Crippen molar-refractivity contribution in [2.75, 3.05) is 6.61 Å². The highest BCUT2D eigenvalue weighted by Crippen LogP contribution is 2.13. The summed E-state index contributed by atoms with van der Waals surface area (Å²) in [6.45, 7) is 2.01. The largest absolute Gasteiger partial charge is 0.508 e. The number of hydrogen-bond donors (Lipinski definition) is 3. The van der Waals surface area contributed by atoms with Crippen molar-refractivity contribution in [2.45, 2.75) is 25.3 Å². The quantitative estimate of drug-likeness (QED) is 0.220. The van der Waals surface area contributed by atoms with Crippen molar-refractivity contribution >= 4 is 33.6 Å². The lowest BCUT2D eigenvalue weighted by Crippen LogP contribution is -2.22. The van der Waals surface area contributed by atoms with Crippen LogP contribution in [0.5, 0.6) is 0 Å². The van der Waals surface area contributed by atoms with Crippen molar-refractivity contribution in [3.63, 3.8) is 0 Å². The molecule has 2 rings (SSSR count). The summed E-state index contributed by atoms with van der Waals surface area (Å²) in [7, 11) is -3.73. The summed E-state index contributed by atoms with van der Waals surface area (Å²) in [5.74, 6) is -1.31. The molecule has 0 saturated carbocycles. The van der Waals surface area contributed by atoms with Crippen LogP contribution in [0.25, 0.3) is 6.08 Å². The van der Waals surface area contributed by atoms with Crippen molar-refractivity contribution in [3.05, 3.63) is 71.4 Å². The number of Topliss-reactive ketones (excluding diaryl/α,β-unsaturated/α-hetero) is 1. The molecule has 1 heterocycles. The van der Waals surface area contributed by atoms with Crippen LogP contribution in [0.2, 0.25) is 0 Å². The molecule has 1 aromatic carbocycles. The van der Waals surface area contributed by atoms with Gasteiger partial charge in [0.15, 0.2) is 5.78 Å². The molecule has 0 atom stereocenters. The first kappa shape index (κ1) is 23.8. The Balaban J connectivity index is 1.96. The van der Waals surface area contributed by atoms with Gasteiger partial charge in [-0.15, -0.1) is 0 Å². The van der Waals surface area contributed by atoms with Gasteiger partial charge in [0, 0.05) is 11.8 Å². The number of benzene rings is 1. The number of ether oxygens (including phenoxy) is 1. The number of nitrogens with one attached hydrogen (secondary N) is 2. The second-order valence-electron chi connectivity index (χ2n) is 6.42. The maximum Gasteiger partial charge on any atom is 0.331 e. The molecule has 2 aromatic rings. The smallest absolute Gasteiger partial charge is 0.331 e. The van der Waals surface area contributed by atoms with E-state index in [1.807, 2.05) is 0 Å².